The lowest BCUT2D eigenvalue weighted by atomic mass is 10.1. The van der Waals surface area contributed by atoms with Crippen molar-refractivity contribution in [2.45, 2.75) is 30.8 Å². The molecule has 4 nitrogen and oxygen atoms in total. The van der Waals surface area contributed by atoms with Crippen molar-refractivity contribution in [3.63, 3.8) is 0 Å². The SMILES string of the molecule is CCCc1ccccc1N/C(=C\C(=N)C(F)(F)F)c1cc(-c2cccc(S(C)(=O)=O)c2)cs1. The maximum Gasteiger partial charge on any atom is 0.432 e. The Morgan fingerprint density at radius 2 is 1.82 bits per heavy atom. The molecular formula is C24H23F3N2O2S2. The Bertz CT molecular complexity index is 1290. The van der Waals surface area contributed by atoms with Gasteiger partial charge in [-0.05, 0) is 58.8 Å². The summed E-state index contributed by atoms with van der Waals surface area (Å²) in [5, 5.41) is 12.3. The van der Waals surface area contributed by atoms with Crippen LogP contribution in [0.1, 0.15) is 23.8 Å². The zero-order valence-corrected chi connectivity index (χ0v) is 19.7. The molecule has 0 spiro atoms. The highest BCUT2D eigenvalue weighted by Gasteiger charge is 2.33. The van der Waals surface area contributed by atoms with Crippen molar-refractivity contribution in [3.05, 3.63) is 76.5 Å². The Kier molecular flexibility index (Phi) is 7.44. The molecule has 33 heavy (non-hydrogen) atoms. The number of anilines is 1. The van der Waals surface area contributed by atoms with Crippen molar-refractivity contribution in [2.75, 3.05) is 11.6 Å². The molecule has 3 rings (SSSR count). The topological polar surface area (TPSA) is 70.0 Å². The van der Waals surface area contributed by atoms with Gasteiger partial charge >= 0.3 is 6.18 Å². The normalized spacial score (nSPS) is 12.6. The lowest BCUT2D eigenvalue weighted by molar-refractivity contribution is -0.0583. The van der Waals surface area contributed by atoms with Gasteiger partial charge in [0.15, 0.2) is 9.84 Å². The van der Waals surface area contributed by atoms with Gasteiger partial charge in [0.05, 0.1) is 15.5 Å². The maximum absolute atomic E-state index is 13.1. The number of sulfone groups is 1. The van der Waals surface area contributed by atoms with E-state index in [2.05, 4.69) is 5.32 Å². The summed E-state index contributed by atoms with van der Waals surface area (Å²) in [4.78, 5) is 0.657. The van der Waals surface area contributed by atoms with E-state index in [0.29, 0.717) is 21.7 Å². The van der Waals surface area contributed by atoms with Gasteiger partial charge in [-0.3, -0.25) is 5.41 Å². The van der Waals surface area contributed by atoms with Crippen LogP contribution in [-0.4, -0.2) is 26.6 Å². The molecule has 0 saturated carbocycles. The fourth-order valence-corrected chi connectivity index (χ4v) is 4.76. The molecule has 0 unspecified atom stereocenters. The number of hydrogen-bond donors (Lipinski definition) is 2. The third-order valence-electron chi connectivity index (χ3n) is 4.86. The molecule has 0 fully saturated rings. The fourth-order valence-electron chi connectivity index (χ4n) is 3.20. The van der Waals surface area contributed by atoms with Crippen LogP contribution in [-0.2, 0) is 16.3 Å². The molecular weight excluding hydrogens is 469 g/mol. The van der Waals surface area contributed by atoms with Crippen LogP contribution >= 0.6 is 11.3 Å². The Morgan fingerprint density at radius 3 is 2.48 bits per heavy atom. The van der Waals surface area contributed by atoms with E-state index in [0.717, 1.165) is 30.7 Å². The molecule has 0 radical (unpaired) electrons. The molecule has 2 aromatic carbocycles. The Balaban J connectivity index is 2.04. The van der Waals surface area contributed by atoms with Crippen LogP contribution in [0.2, 0.25) is 0 Å². The zero-order chi connectivity index (χ0) is 24.2. The van der Waals surface area contributed by atoms with E-state index in [1.807, 2.05) is 19.1 Å². The lowest BCUT2D eigenvalue weighted by Crippen LogP contribution is -2.20. The number of para-hydroxylation sites is 1. The number of allylic oxidation sites excluding steroid dienone is 1. The predicted octanol–water partition coefficient (Wildman–Crippen LogP) is 6.81. The Hall–Kier alpha value is -2.91. The average Bonchev–Trinajstić information content (AvgIpc) is 3.24. The number of thiophene rings is 1. The van der Waals surface area contributed by atoms with Gasteiger partial charge in [-0.2, -0.15) is 13.2 Å². The number of nitrogens with one attached hydrogen (secondary N) is 2. The van der Waals surface area contributed by atoms with E-state index in [-0.39, 0.29) is 10.6 Å². The van der Waals surface area contributed by atoms with Gasteiger partial charge in [0.1, 0.15) is 5.71 Å². The van der Waals surface area contributed by atoms with E-state index in [1.165, 1.54) is 23.5 Å². The van der Waals surface area contributed by atoms with E-state index < -0.39 is 21.7 Å². The summed E-state index contributed by atoms with van der Waals surface area (Å²) >= 11 is 1.21. The molecule has 0 atom stereocenters. The summed E-state index contributed by atoms with van der Waals surface area (Å²) in [6.45, 7) is 2.02. The summed E-state index contributed by atoms with van der Waals surface area (Å²) in [6, 6.07) is 15.5. The van der Waals surface area contributed by atoms with E-state index >= 15 is 0 Å². The Morgan fingerprint density at radius 1 is 1.09 bits per heavy atom. The number of benzene rings is 2. The second kappa shape index (κ2) is 9.93. The minimum atomic E-state index is -4.78. The first-order valence-corrected chi connectivity index (χ1v) is 12.9. The number of hydrogen-bond acceptors (Lipinski definition) is 5. The molecule has 0 aliphatic carbocycles. The molecule has 0 aliphatic rings. The van der Waals surface area contributed by atoms with Crippen molar-refractivity contribution < 1.29 is 21.6 Å². The first kappa shape index (κ1) is 24.7. The van der Waals surface area contributed by atoms with Crippen LogP contribution in [0.3, 0.4) is 0 Å². The molecule has 9 heteroatoms. The largest absolute Gasteiger partial charge is 0.432 e. The highest BCUT2D eigenvalue weighted by Crippen LogP contribution is 2.33. The number of halogens is 3. The highest BCUT2D eigenvalue weighted by molar-refractivity contribution is 7.90. The van der Waals surface area contributed by atoms with Crippen molar-refractivity contribution in [2.24, 2.45) is 0 Å². The molecule has 0 aliphatic heterocycles. The average molecular weight is 493 g/mol. The fraction of sp³-hybridized carbons (Fsp3) is 0.208. The summed E-state index contributed by atoms with van der Waals surface area (Å²) in [5.74, 6) is 0. The number of aryl methyl sites for hydroxylation is 1. The predicted molar refractivity (Wildman–Crippen MR) is 129 cm³/mol. The standard InChI is InChI=1S/C24H23F3N2O2S2/c1-3-7-16-8-4-5-11-20(16)29-21(14-23(28)24(25,26)27)22-13-18(15-32-22)17-9-6-10-19(12-17)33(2,30)31/h4-6,8-15,28-29H,3,7H2,1-2H3/b21-14-,28-23?. The van der Waals surface area contributed by atoms with Crippen LogP contribution in [0.25, 0.3) is 16.8 Å². The van der Waals surface area contributed by atoms with Gasteiger partial charge in [0.25, 0.3) is 0 Å². The summed E-state index contributed by atoms with van der Waals surface area (Å²) in [7, 11) is -3.40. The smallest absolute Gasteiger partial charge is 0.354 e. The third-order valence-corrected chi connectivity index (χ3v) is 6.93. The molecule has 0 amide bonds. The monoisotopic (exact) mass is 492 g/mol. The second-order valence-corrected chi connectivity index (χ2v) is 10.4. The molecule has 3 aromatic rings. The van der Waals surface area contributed by atoms with Crippen LogP contribution in [0, 0.1) is 5.41 Å². The van der Waals surface area contributed by atoms with Gasteiger partial charge in [0, 0.05) is 11.9 Å². The summed E-state index contributed by atoms with van der Waals surface area (Å²) in [6.07, 6.45) is -1.26. The van der Waals surface area contributed by atoms with Gasteiger partial charge in [-0.25, -0.2) is 8.42 Å². The molecule has 0 bridgehead atoms. The van der Waals surface area contributed by atoms with Crippen LogP contribution in [0.4, 0.5) is 18.9 Å². The molecule has 2 N–H and O–H groups in total. The van der Waals surface area contributed by atoms with Crippen LogP contribution < -0.4 is 5.32 Å². The lowest BCUT2D eigenvalue weighted by Gasteiger charge is -2.15. The molecule has 1 heterocycles. The van der Waals surface area contributed by atoms with E-state index in [9.17, 15) is 21.6 Å². The second-order valence-electron chi connectivity index (χ2n) is 7.50. The van der Waals surface area contributed by atoms with Crippen molar-refractivity contribution in [1.82, 2.24) is 0 Å². The first-order valence-electron chi connectivity index (χ1n) is 10.1. The maximum atomic E-state index is 13.1. The third kappa shape index (κ3) is 6.33. The van der Waals surface area contributed by atoms with Gasteiger partial charge in [-0.1, -0.05) is 43.7 Å². The van der Waals surface area contributed by atoms with Crippen molar-refractivity contribution >= 4 is 38.3 Å². The van der Waals surface area contributed by atoms with Crippen molar-refractivity contribution in [1.29, 1.82) is 5.41 Å². The van der Waals surface area contributed by atoms with Crippen LogP contribution in [0.5, 0.6) is 0 Å². The van der Waals surface area contributed by atoms with E-state index in [4.69, 9.17) is 5.41 Å². The summed E-state index contributed by atoms with van der Waals surface area (Å²) in [5.41, 5.74) is 1.63. The van der Waals surface area contributed by atoms with Crippen molar-refractivity contribution in [3.8, 4) is 11.1 Å². The zero-order valence-electron chi connectivity index (χ0n) is 18.0. The molecule has 1 aromatic heterocycles. The molecule has 174 valence electrons. The summed E-state index contributed by atoms with van der Waals surface area (Å²) < 4.78 is 63.2. The first-order chi connectivity index (χ1) is 15.5. The molecule has 0 saturated heterocycles. The Labute approximate surface area is 195 Å². The number of rotatable bonds is 8. The highest BCUT2D eigenvalue weighted by atomic mass is 32.2. The number of alkyl halides is 3. The minimum absolute atomic E-state index is 0.149. The quantitative estimate of drug-likeness (QED) is 0.340. The minimum Gasteiger partial charge on any atom is -0.354 e. The van der Waals surface area contributed by atoms with Gasteiger partial charge < -0.3 is 5.32 Å². The van der Waals surface area contributed by atoms with Gasteiger partial charge in [0.2, 0.25) is 0 Å². The van der Waals surface area contributed by atoms with Crippen LogP contribution in [0.15, 0.2) is 70.9 Å². The van der Waals surface area contributed by atoms with E-state index in [1.54, 1.807) is 35.7 Å². The van der Waals surface area contributed by atoms with Gasteiger partial charge in [-0.15, -0.1) is 11.3 Å².